The highest BCUT2D eigenvalue weighted by molar-refractivity contribution is 7.18. The molecule has 32 heavy (non-hydrogen) atoms. The third kappa shape index (κ3) is 4.90. The smallest absolute Gasteiger partial charge is 0.206 e. The SMILES string of the molecule is CN(CCCNc1nc2c(s1)C(=O)C=CC2=O)CCCNc1nc2c(s1)C(=O)C=CC2=O. The zero-order chi connectivity index (χ0) is 22.7. The maximum Gasteiger partial charge on any atom is 0.206 e. The van der Waals surface area contributed by atoms with E-state index in [-0.39, 0.29) is 34.5 Å². The summed E-state index contributed by atoms with van der Waals surface area (Å²) in [4.78, 5) is 58.7. The Hall–Kier alpha value is -3.02. The molecule has 0 spiro atoms. The number of allylic oxidation sites excluding steroid dienone is 4. The summed E-state index contributed by atoms with van der Waals surface area (Å²) >= 11 is 2.43. The molecule has 2 aliphatic carbocycles. The average molecular weight is 472 g/mol. The fourth-order valence-corrected chi connectivity index (χ4v) is 5.10. The Morgan fingerprint density at radius 1 is 0.719 bits per heavy atom. The molecule has 0 bridgehead atoms. The van der Waals surface area contributed by atoms with Crippen molar-refractivity contribution in [1.82, 2.24) is 14.9 Å². The number of carbonyl (C=O) groups excluding carboxylic acids is 4. The lowest BCUT2D eigenvalue weighted by Gasteiger charge is -2.16. The molecule has 2 N–H and O–H groups in total. The Balaban J connectivity index is 1.13. The summed E-state index contributed by atoms with van der Waals surface area (Å²) in [6, 6.07) is 0. The Labute approximate surface area is 192 Å². The summed E-state index contributed by atoms with van der Waals surface area (Å²) in [5, 5.41) is 7.55. The van der Waals surface area contributed by atoms with Crippen molar-refractivity contribution in [2.24, 2.45) is 0 Å². The third-order valence-corrected chi connectivity index (χ3v) is 6.98. The molecule has 11 heteroatoms. The molecular weight excluding hydrogens is 450 g/mol. The van der Waals surface area contributed by atoms with Crippen LogP contribution in [0.5, 0.6) is 0 Å². The molecule has 4 rings (SSSR count). The molecule has 0 amide bonds. The van der Waals surface area contributed by atoms with E-state index in [0.717, 1.165) is 25.9 Å². The van der Waals surface area contributed by atoms with Crippen molar-refractivity contribution in [2.45, 2.75) is 12.8 Å². The Morgan fingerprint density at radius 3 is 1.53 bits per heavy atom. The quantitative estimate of drug-likeness (QED) is 0.504. The van der Waals surface area contributed by atoms with Gasteiger partial charge in [0.05, 0.1) is 0 Å². The van der Waals surface area contributed by atoms with E-state index >= 15 is 0 Å². The second-order valence-electron chi connectivity index (χ2n) is 7.38. The fourth-order valence-electron chi connectivity index (χ4n) is 3.27. The first-order valence-corrected chi connectivity index (χ1v) is 11.8. The summed E-state index contributed by atoms with van der Waals surface area (Å²) in [7, 11) is 2.04. The van der Waals surface area contributed by atoms with Gasteiger partial charge in [-0.3, -0.25) is 19.2 Å². The van der Waals surface area contributed by atoms with Crippen LogP contribution in [-0.4, -0.2) is 71.2 Å². The van der Waals surface area contributed by atoms with E-state index < -0.39 is 0 Å². The molecule has 0 fully saturated rings. The lowest BCUT2D eigenvalue weighted by molar-refractivity contribution is 0.0994. The molecule has 2 heterocycles. The molecular formula is C21H21N5O4S2. The highest BCUT2D eigenvalue weighted by Crippen LogP contribution is 2.28. The van der Waals surface area contributed by atoms with E-state index in [1.54, 1.807) is 0 Å². The van der Waals surface area contributed by atoms with Crippen LogP contribution in [0.1, 0.15) is 53.2 Å². The first-order chi connectivity index (χ1) is 15.4. The molecule has 0 aromatic carbocycles. The second kappa shape index (κ2) is 9.63. The molecule has 0 unspecified atom stereocenters. The van der Waals surface area contributed by atoms with Crippen LogP contribution in [0.2, 0.25) is 0 Å². The van der Waals surface area contributed by atoms with Crippen molar-refractivity contribution in [3.8, 4) is 0 Å². The van der Waals surface area contributed by atoms with Crippen molar-refractivity contribution in [2.75, 3.05) is 43.9 Å². The summed E-state index contributed by atoms with van der Waals surface area (Å²) in [5.74, 6) is -0.812. The van der Waals surface area contributed by atoms with Crippen LogP contribution in [0.3, 0.4) is 0 Å². The lowest BCUT2D eigenvalue weighted by Crippen LogP contribution is -2.24. The van der Waals surface area contributed by atoms with Gasteiger partial charge in [0.15, 0.2) is 21.8 Å². The molecule has 0 saturated carbocycles. The highest BCUT2D eigenvalue weighted by atomic mass is 32.1. The maximum absolute atomic E-state index is 11.8. The molecule has 9 nitrogen and oxygen atoms in total. The van der Waals surface area contributed by atoms with Gasteiger partial charge < -0.3 is 15.5 Å². The minimum Gasteiger partial charge on any atom is -0.361 e. The third-order valence-electron chi connectivity index (χ3n) is 4.93. The van der Waals surface area contributed by atoms with Crippen LogP contribution >= 0.6 is 22.7 Å². The van der Waals surface area contributed by atoms with Gasteiger partial charge in [-0.25, -0.2) is 9.97 Å². The number of hydrogen-bond acceptors (Lipinski definition) is 11. The summed E-state index contributed by atoms with van der Waals surface area (Å²) in [6.45, 7) is 3.12. The van der Waals surface area contributed by atoms with Gasteiger partial charge in [-0.05, 0) is 57.3 Å². The van der Waals surface area contributed by atoms with Crippen molar-refractivity contribution >= 4 is 56.1 Å². The van der Waals surface area contributed by atoms with Crippen LogP contribution in [0.15, 0.2) is 24.3 Å². The van der Waals surface area contributed by atoms with E-state index in [1.807, 2.05) is 7.05 Å². The van der Waals surface area contributed by atoms with E-state index in [0.29, 0.717) is 33.1 Å². The summed E-state index contributed by atoms with van der Waals surface area (Å²) in [6.07, 6.45) is 6.86. The van der Waals surface area contributed by atoms with Crippen LogP contribution in [0, 0.1) is 0 Å². The minimum atomic E-state index is -0.231. The van der Waals surface area contributed by atoms with Crippen molar-refractivity contribution in [1.29, 1.82) is 0 Å². The van der Waals surface area contributed by atoms with Gasteiger partial charge in [0.1, 0.15) is 21.1 Å². The first kappa shape index (κ1) is 22.2. The van der Waals surface area contributed by atoms with Gasteiger partial charge in [-0.1, -0.05) is 22.7 Å². The van der Waals surface area contributed by atoms with Gasteiger partial charge in [0.2, 0.25) is 11.6 Å². The van der Waals surface area contributed by atoms with Crippen LogP contribution in [0.25, 0.3) is 0 Å². The summed E-state index contributed by atoms with van der Waals surface area (Å²) < 4.78 is 0. The van der Waals surface area contributed by atoms with Gasteiger partial charge in [0.25, 0.3) is 0 Å². The zero-order valence-corrected chi connectivity index (χ0v) is 19.0. The number of fused-ring (bicyclic) bond motifs is 2. The van der Waals surface area contributed by atoms with E-state index in [4.69, 9.17) is 0 Å². The van der Waals surface area contributed by atoms with Crippen molar-refractivity contribution < 1.29 is 19.2 Å². The van der Waals surface area contributed by atoms with Crippen LogP contribution in [-0.2, 0) is 0 Å². The molecule has 0 atom stereocenters. The number of carbonyl (C=O) groups is 4. The lowest BCUT2D eigenvalue weighted by atomic mass is 10.1. The molecule has 0 aliphatic heterocycles. The Morgan fingerprint density at radius 2 is 1.12 bits per heavy atom. The van der Waals surface area contributed by atoms with E-state index in [2.05, 4.69) is 25.5 Å². The summed E-state index contributed by atoms with van der Waals surface area (Å²) in [5.41, 5.74) is 0.474. The number of nitrogens with zero attached hydrogens (tertiary/aromatic N) is 3. The highest BCUT2D eigenvalue weighted by Gasteiger charge is 2.25. The normalized spacial score (nSPS) is 14.8. The largest absolute Gasteiger partial charge is 0.361 e. The molecule has 2 aromatic heterocycles. The number of ketones is 4. The minimum absolute atomic E-state index is 0.175. The van der Waals surface area contributed by atoms with Gasteiger partial charge in [-0.15, -0.1) is 0 Å². The Kier molecular flexibility index (Phi) is 6.68. The Bertz CT molecular complexity index is 988. The molecule has 0 radical (unpaired) electrons. The topological polar surface area (TPSA) is 121 Å². The zero-order valence-electron chi connectivity index (χ0n) is 17.3. The average Bonchev–Trinajstić information content (AvgIpc) is 3.40. The first-order valence-electron chi connectivity index (χ1n) is 10.1. The number of nitrogens with one attached hydrogen (secondary N) is 2. The standard InChI is InChI=1S/C21H21N5O4S2/c1-26(10-2-8-22-20-24-16-12(27)4-6-14(29)18(16)31-20)11-3-9-23-21-25-17-13(28)5-7-15(30)19(17)32-21/h4-7H,2-3,8-11H2,1H3,(H,22,24)(H,23,25). The van der Waals surface area contributed by atoms with Crippen LogP contribution in [0.4, 0.5) is 10.3 Å². The van der Waals surface area contributed by atoms with Gasteiger partial charge in [0, 0.05) is 13.1 Å². The number of rotatable bonds is 10. The van der Waals surface area contributed by atoms with Crippen molar-refractivity contribution in [3.63, 3.8) is 0 Å². The number of anilines is 2. The fraction of sp³-hybridized carbons (Fsp3) is 0.333. The van der Waals surface area contributed by atoms with Crippen molar-refractivity contribution in [3.05, 3.63) is 45.4 Å². The number of hydrogen-bond donors (Lipinski definition) is 2. The number of aromatic nitrogens is 2. The molecule has 0 saturated heterocycles. The predicted octanol–water partition coefficient (Wildman–Crippen LogP) is 2.71. The van der Waals surface area contributed by atoms with Gasteiger partial charge >= 0.3 is 0 Å². The maximum atomic E-state index is 11.8. The molecule has 2 aliphatic rings. The predicted molar refractivity (Wildman–Crippen MR) is 124 cm³/mol. The van der Waals surface area contributed by atoms with Gasteiger partial charge in [-0.2, -0.15) is 0 Å². The van der Waals surface area contributed by atoms with E-state index in [9.17, 15) is 19.2 Å². The monoisotopic (exact) mass is 471 g/mol. The number of thiazole rings is 2. The molecule has 166 valence electrons. The van der Waals surface area contributed by atoms with E-state index in [1.165, 1.54) is 47.0 Å². The molecule has 2 aromatic rings. The van der Waals surface area contributed by atoms with Crippen LogP contribution < -0.4 is 10.6 Å². The second-order valence-corrected chi connectivity index (χ2v) is 9.38.